The zero-order valence-electron chi connectivity index (χ0n) is 13.0. The zero-order valence-corrected chi connectivity index (χ0v) is 13.8. The van der Waals surface area contributed by atoms with E-state index in [-0.39, 0.29) is 0 Å². The molecule has 0 heterocycles. The van der Waals surface area contributed by atoms with Gasteiger partial charge in [-0.05, 0) is 48.1 Å². The molecule has 21 heavy (non-hydrogen) atoms. The van der Waals surface area contributed by atoms with Gasteiger partial charge in [0, 0.05) is 0 Å². The van der Waals surface area contributed by atoms with Crippen molar-refractivity contribution < 1.29 is 19.1 Å². The molecule has 0 radical (unpaired) electrons. The molecule has 2 N–H and O–H groups in total. The largest absolute Gasteiger partial charge is 0.480 e. The van der Waals surface area contributed by atoms with E-state index in [0.29, 0.717) is 23.5 Å². The highest BCUT2D eigenvalue weighted by atomic mass is 31.2. The second-order valence-corrected chi connectivity index (χ2v) is 7.73. The third kappa shape index (κ3) is 4.32. The van der Waals surface area contributed by atoms with Gasteiger partial charge in [0.2, 0.25) is 0 Å². The third-order valence-electron chi connectivity index (χ3n) is 4.42. The highest BCUT2D eigenvalue weighted by Crippen LogP contribution is 2.47. The maximum atomic E-state index is 11.2. The maximum Gasteiger partial charge on any atom is 0.362 e. The molecular weight excluding hydrogens is 287 g/mol. The van der Waals surface area contributed by atoms with E-state index in [9.17, 15) is 4.57 Å². The lowest BCUT2D eigenvalue weighted by Gasteiger charge is -2.22. The first-order valence-corrected chi connectivity index (χ1v) is 9.43. The molecule has 2 rings (SSSR count). The number of hydrogen-bond acceptors (Lipinski definition) is 2. The van der Waals surface area contributed by atoms with E-state index in [1.54, 1.807) is 0 Å². The van der Waals surface area contributed by atoms with E-state index in [4.69, 9.17) is 14.5 Å². The quantitative estimate of drug-likeness (QED) is 0.739. The predicted molar refractivity (Wildman–Crippen MR) is 83.8 cm³/mol. The summed E-state index contributed by atoms with van der Waals surface area (Å²) in [6.07, 6.45) is 2.87. The van der Waals surface area contributed by atoms with Crippen LogP contribution in [0, 0.1) is 5.92 Å². The average Bonchev–Trinajstić information content (AvgIpc) is 3.26. The Morgan fingerprint density at radius 2 is 1.90 bits per heavy atom. The summed E-state index contributed by atoms with van der Waals surface area (Å²) in [6.45, 7) is 6.40. The van der Waals surface area contributed by atoms with E-state index in [0.717, 1.165) is 17.5 Å². The van der Waals surface area contributed by atoms with Gasteiger partial charge in [-0.1, -0.05) is 39.0 Å². The Morgan fingerprint density at radius 1 is 1.29 bits per heavy atom. The standard InChI is InChI=1S/C16H25O4P/c1-4-11(2)14-6-5-7-15(12(3)13-8-9-13)16(14)20-10-21(17,18)19/h5-7,11-13H,4,8-10H2,1-3H3,(H2,17,18,19). The monoisotopic (exact) mass is 312 g/mol. The molecule has 2 atom stereocenters. The molecule has 1 aromatic rings. The molecule has 0 aliphatic heterocycles. The van der Waals surface area contributed by atoms with E-state index < -0.39 is 13.9 Å². The predicted octanol–water partition coefficient (Wildman–Crippen LogP) is 4.23. The molecule has 0 spiro atoms. The van der Waals surface area contributed by atoms with Crippen molar-refractivity contribution in [1.82, 2.24) is 0 Å². The summed E-state index contributed by atoms with van der Waals surface area (Å²) in [5.74, 6) is 2.05. The van der Waals surface area contributed by atoms with Crippen LogP contribution in [0.3, 0.4) is 0 Å². The SMILES string of the molecule is CCC(C)c1cccc(C(C)C2CC2)c1OCP(=O)(O)O. The van der Waals surface area contributed by atoms with Crippen LogP contribution in [0.15, 0.2) is 18.2 Å². The van der Waals surface area contributed by atoms with Crippen molar-refractivity contribution in [2.75, 3.05) is 6.35 Å². The summed E-state index contributed by atoms with van der Waals surface area (Å²) >= 11 is 0. The Bertz CT molecular complexity index is 533. The first kappa shape index (κ1) is 16.5. The summed E-state index contributed by atoms with van der Waals surface area (Å²) in [5, 5.41) is 0. The summed E-state index contributed by atoms with van der Waals surface area (Å²) in [5.41, 5.74) is 2.14. The van der Waals surface area contributed by atoms with Gasteiger partial charge < -0.3 is 14.5 Å². The molecule has 0 bridgehead atoms. The molecule has 2 unspecified atom stereocenters. The highest BCUT2D eigenvalue weighted by Gasteiger charge is 2.32. The Labute approximate surface area is 126 Å². The third-order valence-corrected chi connectivity index (χ3v) is 4.88. The maximum absolute atomic E-state index is 11.2. The lowest BCUT2D eigenvalue weighted by atomic mass is 9.89. The Kier molecular flexibility index (Phi) is 5.13. The normalized spacial score (nSPS) is 18.3. The minimum atomic E-state index is -4.17. The van der Waals surface area contributed by atoms with Crippen LogP contribution in [-0.2, 0) is 4.57 Å². The van der Waals surface area contributed by atoms with Crippen LogP contribution in [-0.4, -0.2) is 16.1 Å². The van der Waals surface area contributed by atoms with Gasteiger partial charge in [0.1, 0.15) is 5.75 Å². The molecule has 0 saturated heterocycles. The van der Waals surface area contributed by atoms with E-state index in [2.05, 4.69) is 20.8 Å². The molecule has 118 valence electrons. The average molecular weight is 312 g/mol. The van der Waals surface area contributed by atoms with Crippen molar-refractivity contribution in [3.8, 4) is 5.75 Å². The van der Waals surface area contributed by atoms with E-state index in [1.807, 2.05) is 18.2 Å². The number of hydrogen-bond donors (Lipinski definition) is 2. The number of rotatable bonds is 7. The van der Waals surface area contributed by atoms with Gasteiger partial charge in [0.05, 0.1) is 0 Å². The van der Waals surface area contributed by atoms with Crippen molar-refractivity contribution in [2.45, 2.75) is 51.9 Å². The zero-order chi connectivity index (χ0) is 15.6. The van der Waals surface area contributed by atoms with Crippen LogP contribution in [0.2, 0.25) is 0 Å². The van der Waals surface area contributed by atoms with Crippen LogP contribution in [0.1, 0.15) is 63.0 Å². The molecule has 1 aliphatic carbocycles. The van der Waals surface area contributed by atoms with Gasteiger partial charge in [-0.2, -0.15) is 0 Å². The Hall–Kier alpha value is -0.830. The highest BCUT2D eigenvalue weighted by molar-refractivity contribution is 7.51. The van der Waals surface area contributed by atoms with Crippen molar-refractivity contribution in [3.63, 3.8) is 0 Å². The fourth-order valence-corrected chi connectivity index (χ4v) is 3.00. The minimum Gasteiger partial charge on any atom is -0.480 e. The first-order chi connectivity index (χ1) is 9.83. The summed E-state index contributed by atoms with van der Waals surface area (Å²) in [4.78, 5) is 18.2. The smallest absolute Gasteiger partial charge is 0.362 e. The molecule has 0 amide bonds. The van der Waals surface area contributed by atoms with Gasteiger partial charge >= 0.3 is 7.60 Å². The van der Waals surface area contributed by atoms with Crippen LogP contribution in [0.5, 0.6) is 5.75 Å². The second kappa shape index (κ2) is 6.51. The lowest BCUT2D eigenvalue weighted by Crippen LogP contribution is -2.08. The van der Waals surface area contributed by atoms with Crippen LogP contribution in [0.25, 0.3) is 0 Å². The van der Waals surface area contributed by atoms with Crippen LogP contribution < -0.4 is 4.74 Å². The second-order valence-electron chi connectivity index (χ2n) is 6.14. The fraction of sp³-hybridized carbons (Fsp3) is 0.625. The van der Waals surface area contributed by atoms with E-state index >= 15 is 0 Å². The molecular formula is C16H25O4P. The van der Waals surface area contributed by atoms with E-state index in [1.165, 1.54) is 12.8 Å². The molecule has 5 heteroatoms. The Morgan fingerprint density at radius 3 is 2.43 bits per heavy atom. The van der Waals surface area contributed by atoms with Crippen molar-refractivity contribution >= 4 is 7.60 Å². The number of ether oxygens (including phenoxy) is 1. The first-order valence-electron chi connectivity index (χ1n) is 7.63. The Balaban J connectivity index is 2.36. The minimum absolute atomic E-state index is 0.308. The van der Waals surface area contributed by atoms with Crippen molar-refractivity contribution in [3.05, 3.63) is 29.3 Å². The van der Waals surface area contributed by atoms with Crippen LogP contribution >= 0.6 is 7.60 Å². The van der Waals surface area contributed by atoms with Crippen molar-refractivity contribution in [1.29, 1.82) is 0 Å². The topological polar surface area (TPSA) is 66.8 Å². The summed E-state index contributed by atoms with van der Waals surface area (Å²) < 4.78 is 16.7. The molecule has 4 nitrogen and oxygen atoms in total. The molecule has 1 saturated carbocycles. The van der Waals surface area contributed by atoms with Crippen molar-refractivity contribution in [2.24, 2.45) is 5.92 Å². The van der Waals surface area contributed by atoms with Gasteiger partial charge in [-0.25, -0.2) is 0 Å². The van der Waals surface area contributed by atoms with Gasteiger partial charge in [-0.3, -0.25) is 4.57 Å². The number of benzene rings is 1. The molecule has 1 fully saturated rings. The molecule has 1 aliphatic rings. The molecule has 0 aromatic heterocycles. The molecule has 1 aromatic carbocycles. The van der Waals surface area contributed by atoms with Gasteiger partial charge in [0.25, 0.3) is 0 Å². The van der Waals surface area contributed by atoms with Gasteiger partial charge in [0.15, 0.2) is 6.35 Å². The lowest BCUT2D eigenvalue weighted by molar-refractivity contribution is 0.295. The number of para-hydroxylation sites is 1. The van der Waals surface area contributed by atoms with Crippen LogP contribution in [0.4, 0.5) is 0 Å². The summed E-state index contributed by atoms with van der Waals surface area (Å²) in [7, 11) is -4.17. The van der Waals surface area contributed by atoms with Gasteiger partial charge in [-0.15, -0.1) is 0 Å². The fourth-order valence-electron chi connectivity index (χ4n) is 2.71. The summed E-state index contributed by atoms with van der Waals surface area (Å²) in [6, 6.07) is 6.07.